The number of benzene rings is 1. The zero-order valence-electron chi connectivity index (χ0n) is 11.0. The molecule has 1 aromatic carbocycles. The second-order valence-corrected chi connectivity index (χ2v) is 5.78. The van der Waals surface area contributed by atoms with E-state index in [1.165, 1.54) is 0 Å². The zero-order chi connectivity index (χ0) is 14.1. The van der Waals surface area contributed by atoms with Gasteiger partial charge >= 0.3 is 0 Å². The molecule has 0 radical (unpaired) electrons. The normalized spacial score (nSPS) is 17.7. The number of hydrogen-bond acceptors (Lipinski definition) is 4. The van der Waals surface area contributed by atoms with Crippen LogP contribution in [0.1, 0.15) is 22.5 Å². The summed E-state index contributed by atoms with van der Waals surface area (Å²) in [6.45, 7) is 0. The number of aromatic nitrogens is 2. The number of nitrogens with zero attached hydrogens (tertiary/aromatic N) is 2. The zero-order valence-corrected chi connectivity index (χ0v) is 12.6. The SMILES string of the molecule is COc1cccc(-c2ncc3c(n2)C(=O)C(Br)CC3)c1. The van der Waals surface area contributed by atoms with E-state index in [0.717, 1.165) is 29.7 Å². The van der Waals surface area contributed by atoms with Crippen molar-refractivity contribution in [2.45, 2.75) is 17.7 Å². The quantitative estimate of drug-likeness (QED) is 0.793. The Morgan fingerprint density at radius 3 is 3.05 bits per heavy atom. The molecule has 0 bridgehead atoms. The molecule has 1 unspecified atom stereocenters. The van der Waals surface area contributed by atoms with E-state index in [2.05, 4.69) is 25.9 Å². The molecule has 2 aromatic rings. The van der Waals surface area contributed by atoms with Gasteiger partial charge in [0.15, 0.2) is 11.6 Å². The van der Waals surface area contributed by atoms with Gasteiger partial charge in [0.1, 0.15) is 11.4 Å². The number of hydrogen-bond donors (Lipinski definition) is 0. The summed E-state index contributed by atoms with van der Waals surface area (Å²) >= 11 is 3.40. The molecule has 0 saturated heterocycles. The Bertz CT molecular complexity index is 673. The molecule has 20 heavy (non-hydrogen) atoms. The number of alkyl halides is 1. The summed E-state index contributed by atoms with van der Waals surface area (Å²) in [6, 6.07) is 7.51. The van der Waals surface area contributed by atoms with Crippen LogP contribution in [-0.4, -0.2) is 27.7 Å². The average Bonchev–Trinajstić information content (AvgIpc) is 2.51. The maximum Gasteiger partial charge on any atom is 0.195 e. The molecule has 1 atom stereocenters. The molecule has 4 nitrogen and oxygen atoms in total. The lowest BCUT2D eigenvalue weighted by Gasteiger charge is -2.18. The Labute approximate surface area is 125 Å². The molecule has 102 valence electrons. The maximum atomic E-state index is 12.2. The van der Waals surface area contributed by atoms with Crippen LogP contribution in [0.4, 0.5) is 0 Å². The largest absolute Gasteiger partial charge is 0.497 e. The van der Waals surface area contributed by atoms with Gasteiger partial charge in [-0.25, -0.2) is 9.97 Å². The predicted molar refractivity (Wildman–Crippen MR) is 79.4 cm³/mol. The Morgan fingerprint density at radius 2 is 2.25 bits per heavy atom. The number of methoxy groups -OCH3 is 1. The van der Waals surface area contributed by atoms with E-state index in [1.807, 2.05) is 24.3 Å². The molecule has 1 aliphatic carbocycles. The van der Waals surface area contributed by atoms with Crippen molar-refractivity contribution in [1.29, 1.82) is 0 Å². The number of carbonyl (C=O) groups is 1. The van der Waals surface area contributed by atoms with Crippen LogP contribution in [0.25, 0.3) is 11.4 Å². The lowest BCUT2D eigenvalue weighted by atomic mass is 9.96. The van der Waals surface area contributed by atoms with Gasteiger partial charge in [-0.05, 0) is 30.5 Å². The lowest BCUT2D eigenvalue weighted by Crippen LogP contribution is -2.24. The molecule has 1 heterocycles. The van der Waals surface area contributed by atoms with Crippen LogP contribution in [0, 0.1) is 0 Å². The minimum atomic E-state index is -0.136. The van der Waals surface area contributed by atoms with Crippen LogP contribution in [0.15, 0.2) is 30.5 Å². The number of aryl methyl sites for hydroxylation is 1. The molecule has 3 rings (SSSR count). The molecule has 5 heteroatoms. The van der Waals surface area contributed by atoms with Gasteiger partial charge in [-0.2, -0.15) is 0 Å². The van der Waals surface area contributed by atoms with E-state index < -0.39 is 0 Å². The van der Waals surface area contributed by atoms with Gasteiger partial charge in [0.2, 0.25) is 0 Å². The Morgan fingerprint density at radius 1 is 1.40 bits per heavy atom. The molecular formula is C15H13BrN2O2. The molecular weight excluding hydrogens is 320 g/mol. The van der Waals surface area contributed by atoms with Gasteiger partial charge in [-0.1, -0.05) is 28.1 Å². The number of fused-ring (bicyclic) bond motifs is 1. The lowest BCUT2D eigenvalue weighted by molar-refractivity contribution is 0.0976. The third-order valence-electron chi connectivity index (χ3n) is 3.38. The van der Waals surface area contributed by atoms with Gasteiger partial charge in [0.05, 0.1) is 11.9 Å². The predicted octanol–water partition coefficient (Wildman–Crippen LogP) is 3.04. The van der Waals surface area contributed by atoms with Crippen molar-refractivity contribution < 1.29 is 9.53 Å². The van der Waals surface area contributed by atoms with Gasteiger partial charge < -0.3 is 4.74 Å². The van der Waals surface area contributed by atoms with E-state index in [0.29, 0.717) is 11.5 Å². The molecule has 0 amide bonds. The van der Waals surface area contributed by atoms with Crippen molar-refractivity contribution >= 4 is 21.7 Å². The van der Waals surface area contributed by atoms with E-state index in [1.54, 1.807) is 13.3 Å². The molecule has 0 N–H and O–H groups in total. The molecule has 0 spiro atoms. The fourth-order valence-corrected chi connectivity index (χ4v) is 2.71. The van der Waals surface area contributed by atoms with E-state index >= 15 is 0 Å². The van der Waals surface area contributed by atoms with Gasteiger partial charge in [0.25, 0.3) is 0 Å². The first kappa shape index (κ1) is 13.2. The summed E-state index contributed by atoms with van der Waals surface area (Å²) in [7, 11) is 1.62. The number of halogens is 1. The third kappa shape index (κ3) is 2.33. The van der Waals surface area contributed by atoms with Crippen LogP contribution in [-0.2, 0) is 6.42 Å². The van der Waals surface area contributed by atoms with Crippen molar-refractivity contribution in [2.24, 2.45) is 0 Å². The van der Waals surface area contributed by atoms with Gasteiger partial charge in [-0.15, -0.1) is 0 Å². The Balaban J connectivity index is 2.05. The Hall–Kier alpha value is -1.75. The number of ether oxygens (including phenoxy) is 1. The first-order chi connectivity index (χ1) is 9.69. The summed E-state index contributed by atoms with van der Waals surface area (Å²) in [5.74, 6) is 1.34. The second kappa shape index (κ2) is 5.32. The Kier molecular flexibility index (Phi) is 3.53. The minimum absolute atomic E-state index is 0.0396. The summed E-state index contributed by atoms with van der Waals surface area (Å²) in [6.07, 6.45) is 3.39. The van der Waals surface area contributed by atoms with Crippen molar-refractivity contribution in [3.8, 4) is 17.1 Å². The standard InChI is InChI=1S/C15H13BrN2O2/c1-20-11-4-2-3-9(7-11)15-17-8-10-5-6-12(16)14(19)13(10)18-15/h2-4,7-8,12H,5-6H2,1H3. The van der Waals surface area contributed by atoms with E-state index in [4.69, 9.17) is 4.74 Å². The van der Waals surface area contributed by atoms with Crippen molar-refractivity contribution in [2.75, 3.05) is 7.11 Å². The average molecular weight is 333 g/mol. The van der Waals surface area contributed by atoms with Crippen LogP contribution >= 0.6 is 15.9 Å². The summed E-state index contributed by atoms with van der Waals surface area (Å²) < 4.78 is 5.20. The molecule has 0 saturated carbocycles. The highest BCUT2D eigenvalue weighted by atomic mass is 79.9. The highest BCUT2D eigenvalue weighted by Gasteiger charge is 2.27. The maximum absolute atomic E-state index is 12.2. The van der Waals surface area contributed by atoms with Crippen molar-refractivity contribution in [3.63, 3.8) is 0 Å². The number of Topliss-reactive ketones (excluding diaryl/α,β-unsaturated/α-hetero) is 1. The van der Waals surface area contributed by atoms with Crippen LogP contribution in [0.2, 0.25) is 0 Å². The fraction of sp³-hybridized carbons (Fsp3) is 0.267. The number of carbonyl (C=O) groups excluding carboxylic acids is 1. The van der Waals surface area contributed by atoms with Crippen LogP contribution < -0.4 is 4.74 Å². The topological polar surface area (TPSA) is 52.1 Å². The highest BCUT2D eigenvalue weighted by molar-refractivity contribution is 9.10. The summed E-state index contributed by atoms with van der Waals surface area (Å²) in [5, 5.41) is 0. The first-order valence-corrected chi connectivity index (χ1v) is 7.29. The molecule has 1 aliphatic rings. The van der Waals surface area contributed by atoms with Crippen LogP contribution in [0.3, 0.4) is 0 Å². The monoisotopic (exact) mass is 332 g/mol. The van der Waals surface area contributed by atoms with Gasteiger partial charge in [-0.3, -0.25) is 4.79 Å². The molecule has 0 fully saturated rings. The van der Waals surface area contributed by atoms with Crippen LogP contribution in [0.5, 0.6) is 5.75 Å². The summed E-state index contributed by atoms with van der Waals surface area (Å²) in [5.41, 5.74) is 2.31. The van der Waals surface area contributed by atoms with E-state index in [-0.39, 0.29) is 10.6 Å². The van der Waals surface area contributed by atoms with Crippen molar-refractivity contribution in [1.82, 2.24) is 9.97 Å². The first-order valence-electron chi connectivity index (χ1n) is 6.37. The fourth-order valence-electron chi connectivity index (χ4n) is 2.27. The number of rotatable bonds is 2. The van der Waals surface area contributed by atoms with Crippen molar-refractivity contribution in [3.05, 3.63) is 41.7 Å². The summed E-state index contributed by atoms with van der Waals surface area (Å²) in [4.78, 5) is 20.8. The van der Waals surface area contributed by atoms with E-state index in [9.17, 15) is 4.79 Å². The van der Waals surface area contributed by atoms with Gasteiger partial charge in [0, 0.05) is 11.8 Å². The second-order valence-electron chi connectivity index (χ2n) is 4.67. The smallest absolute Gasteiger partial charge is 0.195 e. The highest BCUT2D eigenvalue weighted by Crippen LogP contribution is 2.27. The third-order valence-corrected chi connectivity index (χ3v) is 4.25. The minimum Gasteiger partial charge on any atom is -0.497 e. The number of ketones is 1. The molecule has 0 aliphatic heterocycles. The molecule has 1 aromatic heterocycles.